The van der Waals surface area contributed by atoms with Gasteiger partial charge in [0.05, 0.1) is 12.0 Å². The molecule has 0 aromatic rings. The molecule has 0 atom stereocenters. The molecule has 1 amide bonds. The van der Waals surface area contributed by atoms with Gasteiger partial charge in [-0.25, -0.2) is 0 Å². The maximum Gasteiger partial charge on any atom is 0.401 e. The van der Waals surface area contributed by atoms with Gasteiger partial charge in [-0.2, -0.15) is 13.2 Å². The van der Waals surface area contributed by atoms with Gasteiger partial charge in [0.1, 0.15) is 0 Å². The van der Waals surface area contributed by atoms with Crippen LogP contribution in [0.25, 0.3) is 0 Å². The quantitative estimate of drug-likeness (QED) is 0.810. The van der Waals surface area contributed by atoms with Crippen LogP contribution in [0, 0.1) is 5.41 Å². The summed E-state index contributed by atoms with van der Waals surface area (Å²) in [6.45, 7) is 1.53. The lowest BCUT2D eigenvalue weighted by molar-refractivity contribution is -0.152. The van der Waals surface area contributed by atoms with Crippen LogP contribution in [0.2, 0.25) is 0 Å². The molecule has 1 fully saturated rings. The Morgan fingerprint density at radius 2 is 1.88 bits per heavy atom. The molecule has 0 aromatic heterocycles. The van der Waals surface area contributed by atoms with Gasteiger partial charge in [0.25, 0.3) is 0 Å². The van der Waals surface area contributed by atoms with Crippen LogP contribution in [-0.2, 0) is 4.79 Å². The SMILES string of the molecule is CCC1(C(N)=O)CCN(CC(F)(F)F)CC1. The number of hydrogen-bond acceptors (Lipinski definition) is 2. The Labute approximate surface area is 92.8 Å². The molecule has 0 aliphatic carbocycles. The zero-order valence-electron chi connectivity index (χ0n) is 9.31. The first-order valence-corrected chi connectivity index (χ1v) is 5.38. The molecule has 1 aliphatic heterocycles. The Morgan fingerprint density at radius 1 is 1.38 bits per heavy atom. The molecule has 0 spiro atoms. The summed E-state index contributed by atoms with van der Waals surface area (Å²) in [5.74, 6) is -0.387. The van der Waals surface area contributed by atoms with Crippen LogP contribution in [-0.4, -0.2) is 36.6 Å². The summed E-state index contributed by atoms with van der Waals surface area (Å²) in [6.07, 6.45) is -2.72. The summed E-state index contributed by atoms with van der Waals surface area (Å²) in [7, 11) is 0. The van der Waals surface area contributed by atoms with Crippen LogP contribution in [0.1, 0.15) is 26.2 Å². The first-order chi connectivity index (χ1) is 7.29. The van der Waals surface area contributed by atoms with Gasteiger partial charge in [-0.05, 0) is 32.4 Å². The van der Waals surface area contributed by atoms with Crippen molar-refractivity contribution in [1.29, 1.82) is 0 Å². The minimum atomic E-state index is -4.17. The number of rotatable bonds is 3. The topological polar surface area (TPSA) is 46.3 Å². The number of carbonyl (C=O) groups excluding carboxylic acids is 1. The lowest BCUT2D eigenvalue weighted by Gasteiger charge is -2.39. The second-order valence-corrected chi connectivity index (χ2v) is 4.39. The van der Waals surface area contributed by atoms with Crippen LogP contribution in [0.5, 0.6) is 0 Å². The van der Waals surface area contributed by atoms with Crippen molar-refractivity contribution in [3.05, 3.63) is 0 Å². The highest BCUT2D eigenvalue weighted by atomic mass is 19.4. The molecule has 1 aliphatic rings. The Kier molecular flexibility index (Phi) is 3.83. The number of halogens is 3. The van der Waals surface area contributed by atoms with Crippen molar-refractivity contribution in [3.8, 4) is 0 Å². The van der Waals surface area contributed by atoms with Crippen molar-refractivity contribution >= 4 is 5.91 Å². The number of carbonyl (C=O) groups is 1. The second-order valence-electron chi connectivity index (χ2n) is 4.39. The molecule has 94 valence electrons. The summed E-state index contributed by atoms with van der Waals surface area (Å²) >= 11 is 0. The van der Waals surface area contributed by atoms with E-state index in [1.165, 1.54) is 4.90 Å². The van der Waals surface area contributed by atoms with Gasteiger partial charge in [0.15, 0.2) is 0 Å². The largest absolute Gasteiger partial charge is 0.401 e. The Morgan fingerprint density at radius 3 is 2.19 bits per heavy atom. The van der Waals surface area contributed by atoms with Gasteiger partial charge < -0.3 is 5.73 Å². The van der Waals surface area contributed by atoms with Crippen LogP contribution >= 0.6 is 0 Å². The Bertz CT molecular complexity index is 257. The van der Waals surface area contributed by atoms with E-state index in [-0.39, 0.29) is 19.0 Å². The number of piperidine rings is 1. The average Bonchev–Trinajstić information content (AvgIpc) is 2.16. The van der Waals surface area contributed by atoms with Crippen molar-refractivity contribution < 1.29 is 18.0 Å². The highest BCUT2D eigenvalue weighted by molar-refractivity contribution is 5.80. The number of likely N-dealkylation sites (tertiary alicyclic amines) is 1. The van der Waals surface area contributed by atoms with Crippen molar-refractivity contribution in [2.24, 2.45) is 11.1 Å². The third kappa shape index (κ3) is 3.10. The molecular weight excluding hydrogens is 221 g/mol. The smallest absolute Gasteiger partial charge is 0.369 e. The molecule has 1 saturated heterocycles. The first-order valence-electron chi connectivity index (χ1n) is 5.38. The average molecular weight is 238 g/mol. The number of alkyl halides is 3. The van der Waals surface area contributed by atoms with Gasteiger partial charge >= 0.3 is 6.18 Å². The van der Waals surface area contributed by atoms with Gasteiger partial charge in [-0.1, -0.05) is 6.92 Å². The minimum absolute atomic E-state index is 0.288. The highest BCUT2D eigenvalue weighted by Gasteiger charge is 2.40. The van der Waals surface area contributed by atoms with E-state index in [1.807, 2.05) is 6.92 Å². The fourth-order valence-corrected chi connectivity index (χ4v) is 2.17. The lowest BCUT2D eigenvalue weighted by Crippen LogP contribution is -2.48. The molecule has 0 saturated carbocycles. The molecule has 16 heavy (non-hydrogen) atoms. The van der Waals surface area contributed by atoms with Crippen molar-refractivity contribution in [3.63, 3.8) is 0 Å². The van der Waals surface area contributed by atoms with Gasteiger partial charge in [0, 0.05) is 0 Å². The zero-order valence-corrected chi connectivity index (χ0v) is 9.31. The van der Waals surface area contributed by atoms with Crippen molar-refractivity contribution in [2.75, 3.05) is 19.6 Å². The monoisotopic (exact) mass is 238 g/mol. The van der Waals surface area contributed by atoms with Gasteiger partial charge in [-0.15, -0.1) is 0 Å². The maximum absolute atomic E-state index is 12.1. The van der Waals surface area contributed by atoms with Crippen LogP contribution in [0.4, 0.5) is 13.2 Å². The molecule has 6 heteroatoms. The number of nitrogens with zero attached hydrogens (tertiary/aromatic N) is 1. The zero-order chi connectivity index (χ0) is 12.4. The molecular formula is C10H17F3N2O. The predicted molar refractivity (Wildman–Crippen MR) is 53.6 cm³/mol. The number of hydrogen-bond donors (Lipinski definition) is 1. The third-order valence-corrected chi connectivity index (χ3v) is 3.42. The number of amides is 1. The number of nitrogens with two attached hydrogens (primary N) is 1. The molecule has 2 N–H and O–H groups in total. The van der Waals surface area contributed by atoms with E-state index in [2.05, 4.69) is 0 Å². The Balaban J connectivity index is 2.53. The summed E-state index contributed by atoms with van der Waals surface area (Å²) < 4.78 is 36.4. The third-order valence-electron chi connectivity index (χ3n) is 3.42. The van der Waals surface area contributed by atoms with Crippen LogP contribution < -0.4 is 5.73 Å². The van der Waals surface area contributed by atoms with Crippen molar-refractivity contribution in [1.82, 2.24) is 4.90 Å². The minimum Gasteiger partial charge on any atom is -0.369 e. The molecule has 1 heterocycles. The summed E-state index contributed by atoms with van der Waals surface area (Å²) in [5.41, 5.74) is 4.71. The second kappa shape index (κ2) is 4.61. The maximum atomic E-state index is 12.1. The first kappa shape index (κ1) is 13.3. The molecule has 1 rings (SSSR count). The fourth-order valence-electron chi connectivity index (χ4n) is 2.17. The standard InChI is InChI=1S/C10H17F3N2O/c1-2-9(8(14)16)3-5-15(6-4-9)7-10(11,12)13/h2-7H2,1H3,(H2,14,16). The normalized spacial score (nSPS) is 22.0. The van der Waals surface area contributed by atoms with Gasteiger partial charge in [0.2, 0.25) is 5.91 Å². The molecule has 3 nitrogen and oxygen atoms in total. The molecule has 0 bridgehead atoms. The highest BCUT2D eigenvalue weighted by Crippen LogP contribution is 2.35. The van der Waals surface area contributed by atoms with Crippen molar-refractivity contribution in [2.45, 2.75) is 32.4 Å². The van der Waals surface area contributed by atoms with Crippen LogP contribution in [0.15, 0.2) is 0 Å². The van der Waals surface area contributed by atoms with Crippen LogP contribution in [0.3, 0.4) is 0 Å². The van der Waals surface area contributed by atoms with Gasteiger partial charge in [-0.3, -0.25) is 9.69 Å². The van der Waals surface area contributed by atoms with E-state index in [9.17, 15) is 18.0 Å². The summed E-state index contributed by atoms with van der Waals surface area (Å²) in [5, 5.41) is 0. The van der Waals surface area contributed by atoms with E-state index < -0.39 is 18.1 Å². The van der Waals surface area contributed by atoms with E-state index in [4.69, 9.17) is 5.73 Å². The summed E-state index contributed by atoms with van der Waals surface area (Å²) in [4.78, 5) is 12.6. The molecule has 0 radical (unpaired) electrons. The van der Waals surface area contributed by atoms with E-state index in [0.717, 1.165) is 0 Å². The molecule has 0 aromatic carbocycles. The van der Waals surface area contributed by atoms with E-state index in [0.29, 0.717) is 19.3 Å². The molecule has 0 unspecified atom stereocenters. The van der Waals surface area contributed by atoms with E-state index >= 15 is 0 Å². The lowest BCUT2D eigenvalue weighted by atomic mass is 9.75. The van der Waals surface area contributed by atoms with E-state index in [1.54, 1.807) is 0 Å². The number of primary amides is 1. The fraction of sp³-hybridized carbons (Fsp3) is 0.900. The Hall–Kier alpha value is -0.780. The summed E-state index contributed by atoms with van der Waals surface area (Å²) in [6, 6.07) is 0. The predicted octanol–water partition coefficient (Wildman–Crippen LogP) is 1.53.